The second-order valence-electron chi connectivity index (χ2n) is 5.38. The maximum Gasteiger partial charge on any atom is -0.0169 e. The third-order valence-corrected chi connectivity index (χ3v) is 3.25. The summed E-state index contributed by atoms with van der Waals surface area (Å²) in [5.41, 5.74) is 4.67. The first kappa shape index (κ1) is 10.5. The molecule has 2 rings (SSSR count). The maximum atomic E-state index is 2.46. The number of rotatable bonds is 1. The molecule has 1 aliphatic carbocycles. The molecule has 0 nitrogen and oxygen atoms in total. The molecule has 0 fully saturated rings. The minimum Gasteiger partial charge on any atom is -0.0750 e. The minimum absolute atomic E-state index is 0.387. The molecule has 0 saturated heterocycles. The predicted molar refractivity (Wildman–Crippen MR) is 66.8 cm³/mol. The molecule has 1 aromatic rings. The van der Waals surface area contributed by atoms with Crippen molar-refractivity contribution in [3.63, 3.8) is 0 Å². The molecule has 1 aromatic carbocycles. The molecule has 1 aliphatic rings. The van der Waals surface area contributed by atoms with Crippen molar-refractivity contribution >= 4 is 5.57 Å². The van der Waals surface area contributed by atoms with Crippen molar-refractivity contribution < 1.29 is 0 Å². The highest BCUT2D eigenvalue weighted by Crippen LogP contribution is 2.37. The molecular weight excluding hydrogens is 180 g/mol. The Bertz CT molecular complexity index is 366. The Balaban J connectivity index is 2.31. The summed E-state index contributed by atoms with van der Waals surface area (Å²) in [6, 6.07) is 8.92. The summed E-state index contributed by atoms with van der Waals surface area (Å²) in [6.45, 7) is 6.81. The van der Waals surface area contributed by atoms with Crippen LogP contribution in [0.4, 0.5) is 0 Å². The van der Waals surface area contributed by atoms with Crippen LogP contribution < -0.4 is 0 Å². The smallest absolute Gasteiger partial charge is 0.0169 e. The van der Waals surface area contributed by atoms with Gasteiger partial charge in [-0.05, 0) is 42.7 Å². The molecule has 80 valence electrons. The Morgan fingerprint density at radius 2 is 1.73 bits per heavy atom. The lowest BCUT2D eigenvalue weighted by Gasteiger charge is -2.27. The lowest BCUT2D eigenvalue weighted by atomic mass is 9.78. The normalized spacial score (nSPS) is 19.8. The second-order valence-corrected chi connectivity index (χ2v) is 5.38. The fourth-order valence-corrected chi connectivity index (χ4v) is 2.35. The van der Waals surface area contributed by atoms with E-state index in [1.165, 1.54) is 36.0 Å². The fraction of sp³-hybridized carbons (Fsp3) is 0.467. The third kappa shape index (κ3) is 2.50. The van der Waals surface area contributed by atoms with E-state index in [4.69, 9.17) is 0 Å². The van der Waals surface area contributed by atoms with Gasteiger partial charge in [-0.15, -0.1) is 0 Å². The summed E-state index contributed by atoms with van der Waals surface area (Å²) in [4.78, 5) is 0. The zero-order valence-electron chi connectivity index (χ0n) is 10.0. The molecule has 0 aliphatic heterocycles. The van der Waals surface area contributed by atoms with Crippen LogP contribution in [-0.4, -0.2) is 0 Å². The van der Waals surface area contributed by atoms with Gasteiger partial charge in [0.15, 0.2) is 0 Å². The first-order chi connectivity index (χ1) is 7.07. The van der Waals surface area contributed by atoms with E-state index in [2.05, 4.69) is 51.1 Å². The van der Waals surface area contributed by atoms with Crippen LogP contribution in [0.2, 0.25) is 0 Å². The zero-order chi connectivity index (χ0) is 10.9. The maximum absolute atomic E-state index is 2.46. The molecule has 0 saturated carbocycles. The molecule has 0 amide bonds. The van der Waals surface area contributed by atoms with Gasteiger partial charge in [-0.25, -0.2) is 0 Å². The number of benzene rings is 1. The largest absolute Gasteiger partial charge is 0.0750 e. The first-order valence-electron chi connectivity index (χ1n) is 5.86. The zero-order valence-corrected chi connectivity index (χ0v) is 10.0. The van der Waals surface area contributed by atoms with Crippen LogP contribution in [0.1, 0.15) is 44.2 Å². The van der Waals surface area contributed by atoms with E-state index in [-0.39, 0.29) is 0 Å². The molecule has 0 aromatic heterocycles. The molecule has 0 N–H and O–H groups in total. The average Bonchev–Trinajstić information content (AvgIpc) is 2.17. The van der Waals surface area contributed by atoms with Crippen molar-refractivity contribution in [1.82, 2.24) is 0 Å². The summed E-state index contributed by atoms with van der Waals surface area (Å²) in [5.74, 6) is 0. The predicted octanol–water partition coefficient (Wildman–Crippen LogP) is 4.59. The van der Waals surface area contributed by atoms with Crippen molar-refractivity contribution in [1.29, 1.82) is 0 Å². The van der Waals surface area contributed by atoms with Gasteiger partial charge in [-0.2, -0.15) is 0 Å². The van der Waals surface area contributed by atoms with Crippen molar-refractivity contribution in [2.75, 3.05) is 0 Å². The van der Waals surface area contributed by atoms with Crippen molar-refractivity contribution in [3.8, 4) is 0 Å². The van der Waals surface area contributed by atoms with Gasteiger partial charge in [0.25, 0.3) is 0 Å². The lowest BCUT2D eigenvalue weighted by molar-refractivity contribution is 0.411. The van der Waals surface area contributed by atoms with Crippen LogP contribution in [0.5, 0.6) is 0 Å². The van der Waals surface area contributed by atoms with E-state index in [0.29, 0.717) is 5.41 Å². The molecule has 0 heteroatoms. The average molecular weight is 200 g/mol. The van der Waals surface area contributed by atoms with E-state index < -0.39 is 0 Å². The Morgan fingerprint density at radius 1 is 1.07 bits per heavy atom. The van der Waals surface area contributed by atoms with Gasteiger partial charge in [0, 0.05) is 0 Å². The molecule has 0 atom stereocenters. The Kier molecular flexibility index (Phi) is 2.68. The van der Waals surface area contributed by atoms with Gasteiger partial charge in [-0.3, -0.25) is 0 Å². The summed E-state index contributed by atoms with van der Waals surface area (Å²) in [5, 5.41) is 0. The molecule has 15 heavy (non-hydrogen) atoms. The quantitative estimate of drug-likeness (QED) is 0.622. The van der Waals surface area contributed by atoms with E-state index in [1.807, 2.05) is 0 Å². The highest BCUT2D eigenvalue weighted by molar-refractivity contribution is 5.67. The van der Waals surface area contributed by atoms with Crippen LogP contribution in [0.3, 0.4) is 0 Å². The highest BCUT2D eigenvalue weighted by Gasteiger charge is 2.20. The van der Waals surface area contributed by atoms with Gasteiger partial charge in [0.05, 0.1) is 0 Å². The minimum atomic E-state index is 0.387. The molecular formula is C15H20. The first-order valence-corrected chi connectivity index (χ1v) is 5.86. The molecule has 0 radical (unpaired) electrons. The third-order valence-electron chi connectivity index (χ3n) is 3.25. The van der Waals surface area contributed by atoms with Gasteiger partial charge < -0.3 is 0 Å². The number of hydrogen-bond acceptors (Lipinski definition) is 0. The van der Waals surface area contributed by atoms with Crippen LogP contribution in [0, 0.1) is 12.3 Å². The van der Waals surface area contributed by atoms with E-state index >= 15 is 0 Å². The monoisotopic (exact) mass is 200 g/mol. The van der Waals surface area contributed by atoms with Gasteiger partial charge in [0.1, 0.15) is 0 Å². The Morgan fingerprint density at radius 3 is 2.33 bits per heavy atom. The van der Waals surface area contributed by atoms with Crippen molar-refractivity contribution in [2.24, 2.45) is 5.41 Å². The summed E-state index contributed by atoms with van der Waals surface area (Å²) in [6.07, 6.45) is 6.35. The Hall–Kier alpha value is -1.04. The topological polar surface area (TPSA) is 0 Å². The van der Waals surface area contributed by atoms with Crippen LogP contribution in [-0.2, 0) is 0 Å². The fourth-order valence-electron chi connectivity index (χ4n) is 2.35. The standard InChI is InChI=1S/C15H20/c1-12-6-8-13(9-7-12)14-5-4-10-15(2,3)11-14/h6-9,11H,4-5,10H2,1-3H3. The van der Waals surface area contributed by atoms with Gasteiger partial charge in [0.2, 0.25) is 0 Å². The van der Waals surface area contributed by atoms with Gasteiger partial charge in [-0.1, -0.05) is 49.8 Å². The van der Waals surface area contributed by atoms with Crippen LogP contribution in [0.15, 0.2) is 30.3 Å². The molecule has 0 heterocycles. The SMILES string of the molecule is Cc1ccc(C2=CC(C)(C)CCC2)cc1. The van der Waals surface area contributed by atoms with Crippen molar-refractivity contribution in [2.45, 2.75) is 40.0 Å². The highest BCUT2D eigenvalue weighted by atomic mass is 14.3. The van der Waals surface area contributed by atoms with Gasteiger partial charge >= 0.3 is 0 Å². The van der Waals surface area contributed by atoms with E-state index in [0.717, 1.165) is 0 Å². The Labute approximate surface area is 93.0 Å². The summed E-state index contributed by atoms with van der Waals surface area (Å²) >= 11 is 0. The molecule has 0 bridgehead atoms. The van der Waals surface area contributed by atoms with E-state index in [9.17, 15) is 0 Å². The van der Waals surface area contributed by atoms with Crippen molar-refractivity contribution in [3.05, 3.63) is 41.5 Å². The van der Waals surface area contributed by atoms with Crippen LogP contribution >= 0.6 is 0 Å². The second kappa shape index (κ2) is 3.84. The summed E-state index contributed by atoms with van der Waals surface area (Å²) < 4.78 is 0. The van der Waals surface area contributed by atoms with Crippen LogP contribution in [0.25, 0.3) is 5.57 Å². The number of hydrogen-bond donors (Lipinski definition) is 0. The molecule has 0 spiro atoms. The number of allylic oxidation sites excluding steroid dienone is 2. The lowest BCUT2D eigenvalue weighted by Crippen LogP contribution is -2.12. The van der Waals surface area contributed by atoms with E-state index in [1.54, 1.807) is 0 Å². The summed E-state index contributed by atoms with van der Waals surface area (Å²) in [7, 11) is 0. The molecule has 0 unspecified atom stereocenters. The number of aryl methyl sites for hydroxylation is 1.